The summed E-state index contributed by atoms with van der Waals surface area (Å²) in [5.41, 5.74) is 2.86. The lowest BCUT2D eigenvalue weighted by atomic mass is 10.1. The summed E-state index contributed by atoms with van der Waals surface area (Å²) in [6.07, 6.45) is 1.46. The van der Waals surface area contributed by atoms with E-state index in [1.165, 1.54) is 0 Å². The van der Waals surface area contributed by atoms with E-state index in [-0.39, 0.29) is 17.0 Å². The molecule has 1 aromatic carbocycles. The number of hydrogen-bond acceptors (Lipinski definition) is 2. The maximum absolute atomic E-state index is 9.92. The first-order valence-electron chi connectivity index (χ1n) is 4.60. The van der Waals surface area contributed by atoms with Crippen LogP contribution in [-0.2, 0) is 6.54 Å². The highest BCUT2D eigenvalue weighted by atomic mass is 79.9. The quantitative estimate of drug-likeness (QED) is 0.752. The zero-order valence-electron chi connectivity index (χ0n) is 8.38. The summed E-state index contributed by atoms with van der Waals surface area (Å²) >= 11 is 7.38. The summed E-state index contributed by atoms with van der Waals surface area (Å²) in [6, 6.07) is 7.27. The Morgan fingerprint density at radius 1 is 1.31 bits per heavy atom. The summed E-state index contributed by atoms with van der Waals surface area (Å²) in [5.74, 6) is 0. The molecule has 1 N–H and O–H groups in total. The van der Waals surface area contributed by atoms with Crippen LogP contribution >= 0.6 is 22.9 Å². The second-order valence-corrected chi connectivity index (χ2v) is 4.48. The molecule has 1 unspecified atom stereocenters. The molecule has 0 bridgehead atoms. The second-order valence-electron chi connectivity index (χ2n) is 3.29. The number of nitrogens with zero attached hydrogens (tertiary/aromatic N) is 1. The highest BCUT2D eigenvalue weighted by molar-refractivity contribution is 7.07. The van der Waals surface area contributed by atoms with Gasteiger partial charge in [-0.15, -0.1) is 0 Å². The van der Waals surface area contributed by atoms with Gasteiger partial charge in [0.25, 0.3) is 0 Å². The minimum atomic E-state index is -0.484. The maximum Gasteiger partial charge on any atom is 0.224 e. The van der Waals surface area contributed by atoms with Crippen LogP contribution in [0.25, 0.3) is 0 Å². The Balaban J connectivity index is 0.00000128. The first kappa shape index (κ1) is 13.6. The molecule has 0 aliphatic rings. The van der Waals surface area contributed by atoms with Gasteiger partial charge in [-0.05, 0) is 17.7 Å². The Morgan fingerprint density at radius 2 is 2.00 bits per heavy atom. The van der Waals surface area contributed by atoms with Crippen molar-refractivity contribution in [2.45, 2.75) is 12.6 Å². The highest BCUT2D eigenvalue weighted by Crippen LogP contribution is 2.16. The molecule has 1 heterocycles. The van der Waals surface area contributed by atoms with Crippen LogP contribution in [0.4, 0.5) is 0 Å². The molecule has 0 fully saturated rings. The van der Waals surface area contributed by atoms with E-state index in [0.717, 1.165) is 5.56 Å². The van der Waals surface area contributed by atoms with E-state index in [1.54, 1.807) is 23.5 Å². The number of aliphatic hydroxyl groups excluding tert-OH is 1. The van der Waals surface area contributed by atoms with Crippen LogP contribution in [0.15, 0.2) is 41.4 Å². The van der Waals surface area contributed by atoms with Crippen LogP contribution < -0.4 is 21.5 Å². The third kappa shape index (κ3) is 3.56. The number of rotatable bonds is 3. The minimum Gasteiger partial charge on any atom is -1.00 e. The SMILES string of the molecule is OC(C[n+]1ccsc1)c1ccc(Cl)cc1.[Br-]. The molecule has 1 atom stereocenters. The Kier molecular flexibility index (Phi) is 5.41. The molecule has 16 heavy (non-hydrogen) atoms. The normalized spacial score (nSPS) is 11.9. The molecule has 86 valence electrons. The third-order valence-electron chi connectivity index (χ3n) is 2.17. The van der Waals surface area contributed by atoms with Gasteiger partial charge >= 0.3 is 0 Å². The van der Waals surface area contributed by atoms with Gasteiger partial charge in [0.15, 0.2) is 12.7 Å². The van der Waals surface area contributed by atoms with E-state index in [4.69, 9.17) is 11.6 Å². The van der Waals surface area contributed by atoms with E-state index in [2.05, 4.69) is 0 Å². The van der Waals surface area contributed by atoms with E-state index in [1.807, 2.05) is 33.8 Å². The lowest BCUT2D eigenvalue weighted by Gasteiger charge is -2.06. The molecule has 0 aliphatic heterocycles. The molecule has 0 aliphatic carbocycles. The average Bonchev–Trinajstić information content (AvgIpc) is 2.71. The Hall–Kier alpha value is -0.420. The molecule has 0 spiro atoms. The van der Waals surface area contributed by atoms with Crippen LogP contribution in [0.1, 0.15) is 11.7 Å². The van der Waals surface area contributed by atoms with Gasteiger partial charge in [-0.25, -0.2) is 0 Å². The number of aromatic nitrogens is 1. The average molecular weight is 321 g/mol. The molecule has 2 nitrogen and oxygen atoms in total. The fourth-order valence-corrected chi connectivity index (χ4v) is 2.09. The summed E-state index contributed by atoms with van der Waals surface area (Å²) in [6.45, 7) is 0.575. The molecular weight excluding hydrogens is 310 g/mol. The smallest absolute Gasteiger partial charge is 0.224 e. The molecule has 2 aromatic rings. The molecule has 1 aromatic heterocycles. The second kappa shape index (κ2) is 6.35. The van der Waals surface area contributed by atoms with Gasteiger partial charge in [0.2, 0.25) is 5.51 Å². The third-order valence-corrected chi connectivity index (χ3v) is 3.09. The Morgan fingerprint density at radius 3 is 2.56 bits per heavy atom. The molecule has 5 heteroatoms. The fourth-order valence-electron chi connectivity index (χ4n) is 1.36. The predicted octanol–water partition coefficient (Wildman–Crippen LogP) is -0.573. The highest BCUT2D eigenvalue weighted by Gasteiger charge is 2.13. The topological polar surface area (TPSA) is 24.1 Å². The first-order valence-corrected chi connectivity index (χ1v) is 5.92. The molecular formula is C11H11BrClNOS. The molecule has 0 amide bonds. The van der Waals surface area contributed by atoms with Crippen molar-refractivity contribution >= 4 is 22.9 Å². The summed E-state index contributed by atoms with van der Waals surface area (Å²) in [5, 5.41) is 12.6. The monoisotopic (exact) mass is 319 g/mol. The Bertz CT molecular complexity index is 418. The van der Waals surface area contributed by atoms with E-state index in [9.17, 15) is 5.11 Å². The minimum absolute atomic E-state index is 0. The van der Waals surface area contributed by atoms with E-state index in [0.29, 0.717) is 11.6 Å². The van der Waals surface area contributed by atoms with Gasteiger partial charge in [0.05, 0.1) is 5.38 Å². The summed E-state index contributed by atoms with van der Waals surface area (Å²) < 4.78 is 1.96. The van der Waals surface area contributed by atoms with Crippen LogP contribution in [0.3, 0.4) is 0 Å². The van der Waals surface area contributed by atoms with Crippen molar-refractivity contribution in [3.05, 3.63) is 51.9 Å². The van der Waals surface area contributed by atoms with E-state index < -0.39 is 6.10 Å². The summed E-state index contributed by atoms with van der Waals surface area (Å²) in [7, 11) is 0. The van der Waals surface area contributed by atoms with Gasteiger partial charge < -0.3 is 22.1 Å². The van der Waals surface area contributed by atoms with Gasteiger partial charge in [-0.1, -0.05) is 35.1 Å². The zero-order chi connectivity index (χ0) is 10.7. The molecule has 2 rings (SSSR count). The maximum atomic E-state index is 9.92. The van der Waals surface area contributed by atoms with Crippen molar-refractivity contribution in [3.8, 4) is 0 Å². The van der Waals surface area contributed by atoms with Crippen molar-refractivity contribution in [1.82, 2.24) is 0 Å². The number of aliphatic hydroxyl groups is 1. The first-order chi connectivity index (χ1) is 7.25. The van der Waals surface area contributed by atoms with Gasteiger partial charge in [-0.3, -0.25) is 0 Å². The number of thiazole rings is 1. The lowest BCUT2D eigenvalue weighted by molar-refractivity contribution is -0.700. The largest absolute Gasteiger partial charge is 1.00 e. The predicted molar refractivity (Wildman–Crippen MR) is 60.9 cm³/mol. The van der Waals surface area contributed by atoms with Gasteiger partial charge in [-0.2, -0.15) is 4.57 Å². The standard InChI is InChI=1S/C11H11ClNOS.BrH/c12-10-3-1-9(2-4-10)11(14)7-13-5-6-15-8-13;/h1-6,8,11,14H,7H2;1H/q+1;/p-1. The van der Waals surface area contributed by atoms with Gasteiger partial charge in [0, 0.05) is 5.02 Å². The lowest BCUT2D eigenvalue weighted by Crippen LogP contribution is -3.00. The number of halogens is 2. The van der Waals surface area contributed by atoms with Crippen LogP contribution in [-0.4, -0.2) is 5.11 Å². The summed E-state index contributed by atoms with van der Waals surface area (Å²) in [4.78, 5) is 0. The van der Waals surface area contributed by atoms with Crippen molar-refractivity contribution in [2.75, 3.05) is 0 Å². The molecule has 0 saturated carbocycles. The van der Waals surface area contributed by atoms with Crippen molar-refractivity contribution in [2.24, 2.45) is 0 Å². The van der Waals surface area contributed by atoms with Gasteiger partial charge in [0.1, 0.15) is 6.10 Å². The van der Waals surface area contributed by atoms with Crippen LogP contribution in [0.5, 0.6) is 0 Å². The Labute approximate surface area is 114 Å². The van der Waals surface area contributed by atoms with Crippen LogP contribution in [0.2, 0.25) is 5.02 Å². The van der Waals surface area contributed by atoms with Crippen molar-refractivity contribution in [3.63, 3.8) is 0 Å². The van der Waals surface area contributed by atoms with Crippen molar-refractivity contribution in [1.29, 1.82) is 0 Å². The molecule has 0 radical (unpaired) electrons. The molecule has 0 saturated heterocycles. The van der Waals surface area contributed by atoms with Crippen LogP contribution in [0, 0.1) is 0 Å². The van der Waals surface area contributed by atoms with E-state index >= 15 is 0 Å². The fraction of sp³-hybridized carbons (Fsp3) is 0.182. The zero-order valence-corrected chi connectivity index (χ0v) is 11.5. The van der Waals surface area contributed by atoms with Crippen molar-refractivity contribution < 1.29 is 26.7 Å². The number of benzene rings is 1. The number of hydrogen-bond donors (Lipinski definition) is 1.